The molecule has 1 unspecified atom stereocenters. The maximum Gasteiger partial charge on any atom is 0.0918 e. The second kappa shape index (κ2) is 4.45. The number of likely N-dealkylation sites (tertiary alicyclic amines) is 1. The number of piperidine rings is 1. The normalized spacial score (nSPS) is 25.6. The molecule has 3 nitrogen and oxygen atoms in total. The van der Waals surface area contributed by atoms with E-state index >= 15 is 0 Å². The number of nitrogens with one attached hydrogen (secondary N) is 1. The van der Waals surface area contributed by atoms with E-state index in [0.717, 1.165) is 13.0 Å². The van der Waals surface area contributed by atoms with Gasteiger partial charge in [0.25, 0.3) is 0 Å². The Hall–Kier alpha value is -0.570. The predicted octanol–water partition coefficient (Wildman–Crippen LogP) is 1.19. The Morgan fingerprint density at radius 1 is 1.58 bits per heavy atom. The summed E-state index contributed by atoms with van der Waals surface area (Å²) in [5.41, 5.74) is 5.31. The summed E-state index contributed by atoms with van der Waals surface area (Å²) in [5, 5.41) is 7.13. The summed E-state index contributed by atoms with van der Waals surface area (Å²) in [6.45, 7) is 4.42. The number of nitrogens with zero attached hydrogens (tertiary/aromatic N) is 1. The van der Waals surface area contributed by atoms with Crippen molar-refractivity contribution in [3.8, 4) is 0 Å². The Labute approximate surface area is 74.4 Å². The molecule has 0 aromatic carbocycles. The second-order valence-electron chi connectivity index (χ2n) is 3.66. The lowest BCUT2D eigenvalue weighted by atomic mass is 10.0. The first-order chi connectivity index (χ1) is 5.70. The number of amidine groups is 1. The lowest BCUT2D eigenvalue weighted by molar-refractivity contribution is 0.165. The van der Waals surface area contributed by atoms with Gasteiger partial charge in [-0.15, -0.1) is 0 Å². The zero-order valence-corrected chi connectivity index (χ0v) is 7.84. The summed E-state index contributed by atoms with van der Waals surface area (Å²) in [5.74, 6) is 0.313. The third kappa shape index (κ3) is 2.81. The predicted molar refractivity (Wildman–Crippen MR) is 51.4 cm³/mol. The Balaban J connectivity index is 2.24. The standard InChI is InChI=1S/C9H19N3/c1-8-4-2-3-6-12(8)7-5-9(10)11/h8H,2-7H2,1H3,(H3,10,11). The van der Waals surface area contributed by atoms with Crippen molar-refractivity contribution in [1.29, 1.82) is 5.41 Å². The second-order valence-corrected chi connectivity index (χ2v) is 3.66. The molecule has 1 saturated heterocycles. The van der Waals surface area contributed by atoms with E-state index in [0.29, 0.717) is 11.9 Å². The largest absolute Gasteiger partial charge is 0.388 e. The van der Waals surface area contributed by atoms with E-state index in [-0.39, 0.29) is 0 Å². The van der Waals surface area contributed by atoms with E-state index in [4.69, 9.17) is 11.1 Å². The zero-order valence-electron chi connectivity index (χ0n) is 7.84. The number of rotatable bonds is 3. The molecule has 1 rings (SSSR count). The van der Waals surface area contributed by atoms with Crippen LogP contribution < -0.4 is 5.73 Å². The van der Waals surface area contributed by atoms with Crippen LogP contribution in [0.2, 0.25) is 0 Å². The summed E-state index contributed by atoms with van der Waals surface area (Å²) in [6.07, 6.45) is 4.70. The quantitative estimate of drug-likeness (QED) is 0.492. The van der Waals surface area contributed by atoms with Crippen molar-refractivity contribution < 1.29 is 0 Å². The molecule has 0 bridgehead atoms. The highest BCUT2D eigenvalue weighted by Gasteiger charge is 2.17. The lowest BCUT2D eigenvalue weighted by Crippen LogP contribution is -2.39. The Kier molecular flexibility index (Phi) is 3.53. The molecule has 1 fully saturated rings. The molecule has 0 aromatic rings. The molecule has 0 amide bonds. The van der Waals surface area contributed by atoms with Gasteiger partial charge in [-0.1, -0.05) is 6.42 Å². The Morgan fingerprint density at radius 3 is 2.92 bits per heavy atom. The van der Waals surface area contributed by atoms with Gasteiger partial charge >= 0.3 is 0 Å². The van der Waals surface area contributed by atoms with Crippen LogP contribution in [0.15, 0.2) is 0 Å². The van der Waals surface area contributed by atoms with Crippen molar-refractivity contribution in [1.82, 2.24) is 4.90 Å². The molecule has 1 atom stereocenters. The third-order valence-electron chi connectivity index (χ3n) is 2.61. The monoisotopic (exact) mass is 169 g/mol. The highest BCUT2D eigenvalue weighted by molar-refractivity contribution is 5.76. The first-order valence-corrected chi connectivity index (χ1v) is 4.77. The first-order valence-electron chi connectivity index (χ1n) is 4.77. The molecule has 70 valence electrons. The van der Waals surface area contributed by atoms with Crippen molar-refractivity contribution in [2.24, 2.45) is 5.73 Å². The molecule has 12 heavy (non-hydrogen) atoms. The zero-order chi connectivity index (χ0) is 8.97. The highest BCUT2D eigenvalue weighted by Crippen LogP contribution is 2.15. The van der Waals surface area contributed by atoms with E-state index in [1.54, 1.807) is 0 Å². The van der Waals surface area contributed by atoms with Crippen molar-refractivity contribution in [2.45, 2.75) is 38.6 Å². The molecule has 0 aromatic heterocycles. The molecule has 0 aliphatic carbocycles. The third-order valence-corrected chi connectivity index (χ3v) is 2.61. The van der Waals surface area contributed by atoms with Crippen LogP contribution in [0.4, 0.5) is 0 Å². The van der Waals surface area contributed by atoms with Gasteiger partial charge in [-0.05, 0) is 26.3 Å². The van der Waals surface area contributed by atoms with Crippen LogP contribution in [0, 0.1) is 5.41 Å². The van der Waals surface area contributed by atoms with Crippen molar-refractivity contribution in [3.63, 3.8) is 0 Å². The summed E-state index contributed by atoms with van der Waals surface area (Å²) in [4.78, 5) is 2.44. The maximum absolute atomic E-state index is 7.13. The van der Waals surface area contributed by atoms with E-state index < -0.39 is 0 Å². The van der Waals surface area contributed by atoms with Crippen LogP contribution in [0.3, 0.4) is 0 Å². The number of nitrogens with two attached hydrogens (primary N) is 1. The fraction of sp³-hybridized carbons (Fsp3) is 0.889. The van der Waals surface area contributed by atoms with E-state index in [2.05, 4.69) is 11.8 Å². The molecule has 3 N–H and O–H groups in total. The summed E-state index contributed by atoms with van der Waals surface area (Å²) in [7, 11) is 0. The maximum atomic E-state index is 7.13. The van der Waals surface area contributed by atoms with Gasteiger partial charge in [0.15, 0.2) is 0 Å². The van der Waals surface area contributed by atoms with Crippen LogP contribution in [-0.4, -0.2) is 29.9 Å². The average Bonchev–Trinajstić information content (AvgIpc) is 2.03. The Morgan fingerprint density at radius 2 is 2.33 bits per heavy atom. The first kappa shape index (κ1) is 9.52. The fourth-order valence-electron chi connectivity index (χ4n) is 1.75. The smallest absolute Gasteiger partial charge is 0.0918 e. The van der Waals surface area contributed by atoms with Gasteiger partial charge in [0.05, 0.1) is 5.84 Å². The minimum Gasteiger partial charge on any atom is -0.388 e. The summed E-state index contributed by atoms with van der Waals surface area (Å²) < 4.78 is 0. The molecule has 0 saturated carbocycles. The van der Waals surface area contributed by atoms with E-state index in [1.165, 1.54) is 25.8 Å². The van der Waals surface area contributed by atoms with E-state index in [1.807, 2.05) is 0 Å². The van der Waals surface area contributed by atoms with Gasteiger partial charge in [-0.25, -0.2) is 0 Å². The van der Waals surface area contributed by atoms with Gasteiger partial charge in [0.2, 0.25) is 0 Å². The minimum absolute atomic E-state index is 0.313. The number of hydrogen-bond acceptors (Lipinski definition) is 2. The van der Waals surface area contributed by atoms with Gasteiger partial charge < -0.3 is 10.6 Å². The minimum atomic E-state index is 0.313. The van der Waals surface area contributed by atoms with Crippen LogP contribution in [-0.2, 0) is 0 Å². The molecule has 0 radical (unpaired) electrons. The summed E-state index contributed by atoms with van der Waals surface area (Å²) >= 11 is 0. The van der Waals surface area contributed by atoms with Gasteiger partial charge in [0, 0.05) is 19.0 Å². The van der Waals surface area contributed by atoms with Crippen LogP contribution in [0.5, 0.6) is 0 Å². The summed E-state index contributed by atoms with van der Waals surface area (Å²) in [6, 6.07) is 0.693. The molecular formula is C9H19N3. The molecule has 0 spiro atoms. The highest BCUT2D eigenvalue weighted by atomic mass is 15.2. The topological polar surface area (TPSA) is 53.1 Å². The van der Waals surface area contributed by atoms with Crippen molar-refractivity contribution in [2.75, 3.05) is 13.1 Å². The molecular weight excluding hydrogens is 150 g/mol. The van der Waals surface area contributed by atoms with Crippen molar-refractivity contribution >= 4 is 5.84 Å². The molecule has 1 aliphatic rings. The molecule has 1 heterocycles. The molecule has 3 heteroatoms. The van der Waals surface area contributed by atoms with E-state index in [9.17, 15) is 0 Å². The van der Waals surface area contributed by atoms with Crippen LogP contribution in [0.25, 0.3) is 0 Å². The Bertz CT molecular complexity index is 156. The van der Waals surface area contributed by atoms with Gasteiger partial charge in [0.1, 0.15) is 0 Å². The van der Waals surface area contributed by atoms with Crippen LogP contribution in [0.1, 0.15) is 32.6 Å². The lowest BCUT2D eigenvalue weighted by Gasteiger charge is -2.33. The fourth-order valence-corrected chi connectivity index (χ4v) is 1.75. The average molecular weight is 169 g/mol. The van der Waals surface area contributed by atoms with Crippen LogP contribution >= 0.6 is 0 Å². The number of hydrogen-bond donors (Lipinski definition) is 2. The SMILES string of the molecule is CC1CCCCN1CCC(=N)N. The van der Waals surface area contributed by atoms with Gasteiger partial charge in [-0.2, -0.15) is 0 Å². The van der Waals surface area contributed by atoms with Gasteiger partial charge in [-0.3, -0.25) is 5.41 Å². The molecule has 1 aliphatic heterocycles. The van der Waals surface area contributed by atoms with Crippen molar-refractivity contribution in [3.05, 3.63) is 0 Å².